The van der Waals surface area contributed by atoms with Crippen LogP contribution in [0.4, 0.5) is 0 Å². The van der Waals surface area contributed by atoms with Crippen molar-refractivity contribution in [3.8, 4) is 0 Å². The van der Waals surface area contributed by atoms with Crippen molar-refractivity contribution in [2.75, 3.05) is 6.61 Å². The lowest BCUT2D eigenvalue weighted by Crippen LogP contribution is -2.28. The van der Waals surface area contributed by atoms with E-state index >= 15 is 0 Å². The monoisotopic (exact) mass is 291 g/mol. The van der Waals surface area contributed by atoms with E-state index in [1.807, 2.05) is 19.9 Å². The van der Waals surface area contributed by atoms with E-state index in [1.54, 1.807) is 0 Å². The minimum Gasteiger partial charge on any atom is -0.462 e. The Labute approximate surface area is 126 Å². The van der Waals surface area contributed by atoms with Crippen LogP contribution in [0.15, 0.2) is 6.07 Å². The van der Waals surface area contributed by atoms with Crippen LogP contribution in [0.25, 0.3) is 0 Å². The third kappa shape index (κ3) is 3.26. The van der Waals surface area contributed by atoms with Crippen LogP contribution in [-0.4, -0.2) is 23.7 Å². The van der Waals surface area contributed by atoms with Crippen LogP contribution in [0, 0.1) is 0 Å². The molecule has 116 valence electrons. The van der Waals surface area contributed by atoms with Crippen molar-refractivity contribution in [2.24, 2.45) is 0 Å². The highest BCUT2D eigenvalue weighted by Crippen LogP contribution is 2.33. The summed E-state index contributed by atoms with van der Waals surface area (Å²) >= 11 is 0. The molecule has 1 aliphatic rings. The standard InChI is InChI=1S/C17H25NO3/c1-7-20-16(19)13-9-12-11(3)21-10(2)8-14(12)18-15(13)17(4,5)6/h9-11H,7-8H2,1-6H3. The largest absolute Gasteiger partial charge is 0.462 e. The van der Waals surface area contributed by atoms with Gasteiger partial charge < -0.3 is 9.47 Å². The van der Waals surface area contributed by atoms with E-state index in [4.69, 9.17) is 14.5 Å². The van der Waals surface area contributed by atoms with Gasteiger partial charge in [-0.1, -0.05) is 20.8 Å². The number of hydrogen-bond acceptors (Lipinski definition) is 4. The SMILES string of the molecule is CCOC(=O)c1cc2c(nc1C(C)(C)C)CC(C)OC2C. The van der Waals surface area contributed by atoms with Gasteiger partial charge in [-0.2, -0.15) is 0 Å². The van der Waals surface area contributed by atoms with Crippen LogP contribution in [0.2, 0.25) is 0 Å². The highest BCUT2D eigenvalue weighted by molar-refractivity contribution is 5.91. The molecule has 0 saturated carbocycles. The Kier molecular flexibility index (Phi) is 4.38. The fourth-order valence-corrected chi connectivity index (χ4v) is 2.76. The smallest absolute Gasteiger partial charge is 0.340 e. The molecule has 2 unspecified atom stereocenters. The zero-order valence-corrected chi connectivity index (χ0v) is 13.8. The van der Waals surface area contributed by atoms with E-state index in [0.717, 1.165) is 23.4 Å². The molecule has 2 rings (SSSR count). The van der Waals surface area contributed by atoms with Crippen molar-refractivity contribution in [1.82, 2.24) is 4.98 Å². The molecule has 2 heterocycles. The van der Waals surface area contributed by atoms with Crippen molar-refractivity contribution in [3.05, 3.63) is 28.6 Å². The summed E-state index contributed by atoms with van der Waals surface area (Å²) in [6.45, 7) is 12.4. The zero-order valence-electron chi connectivity index (χ0n) is 13.8. The number of carbonyl (C=O) groups excluding carboxylic acids is 1. The second-order valence-corrected chi connectivity index (χ2v) is 6.68. The number of rotatable bonds is 2. The van der Waals surface area contributed by atoms with Crippen LogP contribution < -0.4 is 0 Å². The van der Waals surface area contributed by atoms with Crippen molar-refractivity contribution in [3.63, 3.8) is 0 Å². The molecule has 0 amide bonds. The minimum absolute atomic E-state index is 0.0431. The Balaban J connectivity index is 2.58. The second kappa shape index (κ2) is 5.76. The van der Waals surface area contributed by atoms with Gasteiger partial charge in [-0.15, -0.1) is 0 Å². The molecule has 0 spiro atoms. The molecule has 0 saturated heterocycles. The molecule has 21 heavy (non-hydrogen) atoms. The highest BCUT2D eigenvalue weighted by Gasteiger charge is 2.30. The lowest BCUT2D eigenvalue weighted by molar-refractivity contribution is -0.00616. The first kappa shape index (κ1) is 16.0. The predicted octanol–water partition coefficient (Wildman–Crippen LogP) is 3.58. The zero-order chi connectivity index (χ0) is 15.8. The van der Waals surface area contributed by atoms with E-state index in [-0.39, 0.29) is 23.6 Å². The summed E-state index contributed by atoms with van der Waals surface area (Å²) in [5.41, 5.74) is 3.21. The Morgan fingerprint density at radius 1 is 1.43 bits per heavy atom. The first-order valence-electron chi connectivity index (χ1n) is 7.61. The summed E-state index contributed by atoms with van der Waals surface area (Å²) < 4.78 is 11.0. The number of esters is 1. The number of fused-ring (bicyclic) bond motifs is 1. The van der Waals surface area contributed by atoms with Gasteiger partial charge in [-0.05, 0) is 26.8 Å². The summed E-state index contributed by atoms with van der Waals surface area (Å²) in [5.74, 6) is -0.302. The van der Waals surface area contributed by atoms with Gasteiger partial charge in [0.2, 0.25) is 0 Å². The number of hydrogen-bond donors (Lipinski definition) is 0. The summed E-state index contributed by atoms with van der Waals surface area (Å²) in [5, 5.41) is 0. The van der Waals surface area contributed by atoms with E-state index in [2.05, 4.69) is 27.7 Å². The summed E-state index contributed by atoms with van der Waals surface area (Å²) in [6, 6.07) is 1.91. The number of aromatic nitrogens is 1. The van der Waals surface area contributed by atoms with Gasteiger partial charge in [0.15, 0.2) is 0 Å². The highest BCUT2D eigenvalue weighted by atomic mass is 16.5. The van der Waals surface area contributed by atoms with Gasteiger partial charge in [0.05, 0.1) is 30.1 Å². The van der Waals surface area contributed by atoms with E-state index in [9.17, 15) is 4.79 Å². The van der Waals surface area contributed by atoms with Crippen LogP contribution >= 0.6 is 0 Å². The second-order valence-electron chi connectivity index (χ2n) is 6.68. The molecule has 0 bridgehead atoms. The maximum absolute atomic E-state index is 12.3. The maximum Gasteiger partial charge on any atom is 0.340 e. The van der Waals surface area contributed by atoms with Crippen LogP contribution in [0.3, 0.4) is 0 Å². The van der Waals surface area contributed by atoms with Crippen molar-refractivity contribution >= 4 is 5.97 Å². The molecule has 4 nitrogen and oxygen atoms in total. The molecule has 0 aliphatic carbocycles. The number of carbonyl (C=O) groups is 1. The van der Waals surface area contributed by atoms with Gasteiger partial charge in [-0.3, -0.25) is 4.98 Å². The van der Waals surface area contributed by atoms with Crippen molar-refractivity contribution < 1.29 is 14.3 Å². The van der Waals surface area contributed by atoms with Gasteiger partial charge in [-0.25, -0.2) is 4.79 Å². The topological polar surface area (TPSA) is 48.4 Å². The Bertz CT molecular complexity index is 546. The van der Waals surface area contributed by atoms with E-state index < -0.39 is 0 Å². The number of ether oxygens (including phenoxy) is 2. The first-order chi connectivity index (χ1) is 9.74. The van der Waals surface area contributed by atoms with Gasteiger partial charge >= 0.3 is 5.97 Å². The molecular formula is C17H25NO3. The minimum atomic E-state index is -0.302. The third-order valence-corrected chi connectivity index (χ3v) is 3.70. The molecule has 0 N–H and O–H groups in total. The van der Waals surface area contributed by atoms with Crippen LogP contribution in [0.5, 0.6) is 0 Å². The summed E-state index contributed by atoms with van der Waals surface area (Å²) in [7, 11) is 0. The molecular weight excluding hydrogens is 266 g/mol. The van der Waals surface area contributed by atoms with Crippen LogP contribution in [-0.2, 0) is 21.3 Å². The predicted molar refractivity (Wildman–Crippen MR) is 81.6 cm³/mol. The van der Waals surface area contributed by atoms with E-state index in [0.29, 0.717) is 12.2 Å². The van der Waals surface area contributed by atoms with Crippen LogP contribution in [0.1, 0.15) is 75.0 Å². The fourth-order valence-electron chi connectivity index (χ4n) is 2.76. The van der Waals surface area contributed by atoms with Gasteiger partial charge in [0, 0.05) is 23.1 Å². The van der Waals surface area contributed by atoms with E-state index in [1.165, 1.54) is 0 Å². The Morgan fingerprint density at radius 3 is 2.67 bits per heavy atom. The lowest BCUT2D eigenvalue weighted by Gasteiger charge is -2.30. The number of pyridine rings is 1. The summed E-state index contributed by atoms with van der Waals surface area (Å²) in [4.78, 5) is 17.1. The van der Waals surface area contributed by atoms with Crippen molar-refractivity contribution in [2.45, 2.75) is 65.6 Å². The molecule has 0 radical (unpaired) electrons. The maximum atomic E-state index is 12.3. The molecule has 2 atom stereocenters. The fraction of sp³-hybridized carbons (Fsp3) is 0.647. The molecule has 1 aromatic rings. The average molecular weight is 291 g/mol. The molecule has 0 fully saturated rings. The third-order valence-electron chi connectivity index (χ3n) is 3.70. The Hall–Kier alpha value is -1.42. The molecule has 1 aromatic heterocycles. The quantitative estimate of drug-likeness (QED) is 0.781. The average Bonchev–Trinajstić information content (AvgIpc) is 2.36. The lowest BCUT2D eigenvalue weighted by atomic mass is 9.86. The summed E-state index contributed by atoms with van der Waals surface area (Å²) in [6.07, 6.45) is 0.894. The molecule has 4 heteroatoms. The Morgan fingerprint density at radius 2 is 2.10 bits per heavy atom. The number of nitrogens with zero attached hydrogens (tertiary/aromatic N) is 1. The normalized spacial score (nSPS) is 21.8. The first-order valence-corrected chi connectivity index (χ1v) is 7.61. The molecule has 0 aromatic carbocycles. The van der Waals surface area contributed by atoms with Gasteiger partial charge in [0.25, 0.3) is 0 Å². The molecule has 1 aliphatic heterocycles. The van der Waals surface area contributed by atoms with Gasteiger partial charge in [0.1, 0.15) is 0 Å². The van der Waals surface area contributed by atoms with Crippen molar-refractivity contribution in [1.29, 1.82) is 0 Å².